The summed E-state index contributed by atoms with van der Waals surface area (Å²) in [7, 11) is -1.97. The zero-order valence-corrected chi connectivity index (χ0v) is 13.6. The predicted octanol–water partition coefficient (Wildman–Crippen LogP) is 1.10. The van der Waals surface area contributed by atoms with E-state index in [9.17, 15) is 8.42 Å². The highest BCUT2D eigenvalue weighted by molar-refractivity contribution is 7.89. The zero-order valence-electron chi connectivity index (χ0n) is 12.8. The molecule has 0 aliphatic heterocycles. The number of sulfonamides is 1. The molecule has 0 spiro atoms. The molecule has 21 heavy (non-hydrogen) atoms. The number of rotatable bonds is 9. The highest BCUT2D eigenvalue weighted by atomic mass is 32.2. The number of hydrogen-bond acceptors (Lipinski definition) is 5. The Morgan fingerprint density at radius 1 is 1.38 bits per heavy atom. The van der Waals surface area contributed by atoms with Gasteiger partial charge in [0, 0.05) is 32.4 Å². The molecule has 0 radical (unpaired) electrons. The van der Waals surface area contributed by atoms with Crippen LogP contribution in [0, 0.1) is 5.92 Å². The van der Waals surface area contributed by atoms with Crippen LogP contribution in [0.2, 0.25) is 0 Å². The molecule has 3 N–H and O–H groups in total. The molecule has 1 atom stereocenters. The molecule has 1 rings (SSSR count). The SMILES string of the molecule is CCOc1ccc(S(=O)(=O)NCC(C)COC)cc1CN. The van der Waals surface area contributed by atoms with E-state index < -0.39 is 10.0 Å². The molecule has 0 amide bonds. The summed E-state index contributed by atoms with van der Waals surface area (Å²) in [4.78, 5) is 0.191. The lowest BCUT2D eigenvalue weighted by atomic mass is 10.2. The molecule has 0 aromatic heterocycles. The highest BCUT2D eigenvalue weighted by Crippen LogP contribution is 2.22. The standard InChI is InChI=1S/C14H24N2O4S/c1-4-20-14-6-5-13(7-12(14)8-15)21(17,18)16-9-11(2)10-19-3/h5-7,11,16H,4,8-10,15H2,1-3H3. The molecule has 0 bridgehead atoms. The number of ether oxygens (including phenoxy) is 2. The van der Waals surface area contributed by atoms with Gasteiger partial charge in [-0.3, -0.25) is 0 Å². The fourth-order valence-corrected chi connectivity index (χ4v) is 3.07. The maximum Gasteiger partial charge on any atom is 0.240 e. The lowest BCUT2D eigenvalue weighted by Gasteiger charge is -2.14. The Morgan fingerprint density at radius 2 is 2.10 bits per heavy atom. The molecule has 0 aliphatic rings. The Labute approximate surface area is 126 Å². The minimum absolute atomic E-state index is 0.0986. The van der Waals surface area contributed by atoms with Crippen molar-refractivity contribution in [2.45, 2.75) is 25.3 Å². The van der Waals surface area contributed by atoms with Crippen LogP contribution < -0.4 is 15.2 Å². The van der Waals surface area contributed by atoms with Crippen molar-refractivity contribution >= 4 is 10.0 Å². The Balaban J connectivity index is 2.88. The first kappa shape index (κ1) is 17.9. The quantitative estimate of drug-likeness (QED) is 0.712. The Hall–Kier alpha value is -1.15. The van der Waals surface area contributed by atoms with Gasteiger partial charge in [0.1, 0.15) is 5.75 Å². The van der Waals surface area contributed by atoms with Gasteiger partial charge in [-0.1, -0.05) is 6.92 Å². The molecular weight excluding hydrogens is 292 g/mol. The van der Waals surface area contributed by atoms with Crippen LogP contribution in [0.1, 0.15) is 19.4 Å². The van der Waals surface area contributed by atoms with Crippen LogP contribution in [0.4, 0.5) is 0 Å². The number of hydrogen-bond donors (Lipinski definition) is 2. The second-order valence-corrected chi connectivity index (χ2v) is 6.59. The fourth-order valence-electron chi connectivity index (χ4n) is 1.86. The van der Waals surface area contributed by atoms with Gasteiger partial charge in [0.25, 0.3) is 0 Å². The van der Waals surface area contributed by atoms with Crippen LogP contribution in [-0.4, -0.2) is 35.3 Å². The van der Waals surface area contributed by atoms with Gasteiger partial charge in [-0.2, -0.15) is 0 Å². The average molecular weight is 316 g/mol. The van der Waals surface area contributed by atoms with Crippen molar-refractivity contribution in [1.29, 1.82) is 0 Å². The van der Waals surface area contributed by atoms with E-state index in [1.807, 2.05) is 13.8 Å². The van der Waals surface area contributed by atoms with E-state index in [2.05, 4.69) is 4.72 Å². The number of methoxy groups -OCH3 is 1. The van der Waals surface area contributed by atoms with E-state index in [0.717, 1.165) is 0 Å². The molecule has 0 saturated heterocycles. The van der Waals surface area contributed by atoms with Crippen molar-refractivity contribution < 1.29 is 17.9 Å². The summed E-state index contributed by atoms with van der Waals surface area (Å²) in [5.74, 6) is 0.716. The van der Waals surface area contributed by atoms with E-state index in [1.54, 1.807) is 19.2 Å². The lowest BCUT2D eigenvalue weighted by molar-refractivity contribution is 0.161. The third kappa shape index (κ3) is 5.28. The first-order valence-corrected chi connectivity index (χ1v) is 8.37. The van der Waals surface area contributed by atoms with E-state index >= 15 is 0 Å². The first-order valence-electron chi connectivity index (χ1n) is 6.89. The molecular formula is C14H24N2O4S. The molecule has 0 aliphatic carbocycles. The van der Waals surface area contributed by atoms with Crippen LogP contribution >= 0.6 is 0 Å². The summed E-state index contributed by atoms with van der Waals surface area (Å²) >= 11 is 0. The molecule has 7 heteroatoms. The molecule has 0 heterocycles. The molecule has 120 valence electrons. The highest BCUT2D eigenvalue weighted by Gasteiger charge is 2.17. The zero-order chi connectivity index (χ0) is 15.9. The van der Waals surface area contributed by atoms with Crippen LogP contribution in [0.25, 0.3) is 0 Å². The van der Waals surface area contributed by atoms with Crippen molar-refractivity contribution in [3.8, 4) is 5.75 Å². The summed E-state index contributed by atoms with van der Waals surface area (Å²) in [5, 5.41) is 0. The lowest BCUT2D eigenvalue weighted by Crippen LogP contribution is -2.30. The monoisotopic (exact) mass is 316 g/mol. The summed E-state index contributed by atoms with van der Waals surface area (Å²) in [5.41, 5.74) is 6.31. The van der Waals surface area contributed by atoms with Gasteiger partial charge < -0.3 is 15.2 Å². The molecule has 1 aromatic rings. The van der Waals surface area contributed by atoms with Gasteiger partial charge >= 0.3 is 0 Å². The van der Waals surface area contributed by atoms with Crippen molar-refractivity contribution in [1.82, 2.24) is 4.72 Å². The van der Waals surface area contributed by atoms with Gasteiger partial charge in [0.05, 0.1) is 11.5 Å². The Bertz CT molecular complexity index is 546. The summed E-state index contributed by atoms with van der Waals surface area (Å²) in [6.45, 7) is 5.32. The van der Waals surface area contributed by atoms with Crippen molar-refractivity contribution in [3.63, 3.8) is 0 Å². The minimum Gasteiger partial charge on any atom is -0.494 e. The molecule has 6 nitrogen and oxygen atoms in total. The molecule has 0 fully saturated rings. The molecule has 0 saturated carbocycles. The second kappa shape index (κ2) is 8.33. The van der Waals surface area contributed by atoms with Crippen molar-refractivity contribution in [2.75, 3.05) is 26.9 Å². The Kier molecular flexibility index (Phi) is 7.10. The van der Waals surface area contributed by atoms with Crippen LogP contribution in [0.5, 0.6) is 5.75 Å². The maximum absolute atomic E-state index is 12.2. The normalized spacial score (nSPS) is 13.1. The van der Waals surface area contributed by atoms with E-state index in [-0.39, 0.29) is 17.4 Å². The predicted molar refractivity (Wildman–Crippen MR) is 81.7 cm³/mol. The van der Waals surface area contributed by atoms with E-state index in [0.29, 0.717) is 31.1 Å². The van der Waals surface area contributed by atoms with Crippen LogP contribution in [-0.2, 0) is 21.3 Å². The van der Waals surface area contributed by atoms with Gasteiger partial charge in [-0.25, -0.2) is 13.1 Å². The summed E-state index contributed by atoms with van der Waals surface area (Å²) in [6.07, 6.45) is 0. The molecule has 1 unspecified atom stereocenters. The Morgan fingerprint density at radius 3 is 2.67 bits per heavy atom. The topological polar surface area (TPSA) is 90.7 Å². The van der Waals surface area contributed by atoms with Crippen LogP contribution in [0.15, 0.2) is 23.1 Å². The van der Waals surface area contributed by atoms with E-state index in [4.69, 9.17) is 15.2 Å². The van der Waals surface area contributed by atoms with Crippen molar-refractivity contribution in [3.05, 3.63) is 23.8 Å². The first-order chi connectivity index (χ1) is 9.94. The average Bonchev–Trinajstić information content (AvgIpc) is 2.46. The smallest absolute Gasteiger partial charge is 0.240 e. The van der Waals surface area contributed by atoms with Crippen molar-refractivity contribution in [2.24, 2.45) is 11.7 Å². The third-order valence-corrected chi connectivity index (χ3v) is 4.36. The number of nitrogens with one attached hydrogen (secondary N) is 1. The van der Waals surface area contributed by atoms with Gasteiger partial charge in [-0.15, -0.1) is 0 Å². The van der Waals surface area contributed by atoms with Crippen LogP contribution in [0.3, 0.4) is 0 Å². The summed E-state index contributed by atoms with van der Waals surface area (Å²) in [6, 6.07) is 4.71. The van der Waals surface area contributed by atoms with Gasteiger partial charge in [0.15, 0.2) is 0 Å². The number of benzene rings is 1. The fraction of sp³-hybridized carbons (Fsp3) is 0.571. The van der Waals surface area contributed by atoms with Gasteiger partial charge in [0.2, 0.25) is 10.0 Å². The molecule has 1 aromatic carbocycles. The largest absolute Gasteiger partial charge is 0.494 e. The maximum atomic E-state index is 12.2. The third-order valence-electron chi connectivity index (χ3n) is 2.94. The van der Waals surface area contributed by atoms with E-state index in [1.165, 1.54) is 6.07 Å². The van der Waals surface area contributed by atoms with Gasteiger partial charge in [-0.05, 0) is 31.0 Å². The summed E-state index contributed by atoms with van der Waals surface area (Å²) < 4.78 is 37.5. The second-order valence-electron chi connectivity index (χ2n) is 4.82. The number of nitrogens with two attached hydrogens (primary N) is 1. The minimum atomic E-state index is -3.55.